The first-order chi connectivity index (χ1) is 9.56. The van der Waals surface area contributed by atoms with Gasteiger partial charge in [0, 0.05) is 5.56 Å². The second-order valence-corrected chi connectivity index (χ2v) is 6.23. The van der Waals surface area contributed by atoms with Crippen LogP contribution in [0.4, 0.5) is 0 Å². The molecule has 0 amide bonds. The van der Waals surface area contributed by atoms with E-state index in [1.165, 1.54) is 22.3 Å². The van der Waals surface area contributed by atoms with Gasteiger partial charge in [0.2, 0.25) is 10.5 Å². The van der Waals surface area contributed by atoms with E-state index in [1.807, 2.05) is 6.07 Å². The fourth-order valence-corrected chi connectivity index (χ4v) is 3.19. The summed E-state index contributed by atoms with van der Waals surface area (Å²) < 4.78 is 5.67. The highest BCUT2D eigenvalue weighted by Crippen LogP contribution is 2.38. The van der Waals surface area contributed by atoms with E-state index in [0.29, 0.717) is 22.3 Å². The molecule has 0 aliphatic heterocycles. The lowest BCUT2D eigenvalue weighted by Crippen LogP contribution is -2.02. The Bertz CT molecular complexity index is 588. The maximum atomic E-state index is 5.67. The average Bonchev–Trinajstić information content (AvgIpc) is 2.46. The Hall–Kier alpha value is -1.54. The molecule has 2 aromatic rings. The molecule has 0 aromatic heterocycles. The summed E-state index contributed by atoms with van der Waals surface area (Å²) in [6.07, 6.45) is 0. The van der Waals surface area contributed by atoms with Gasteiger partial charge in [0.1, 0.15) is 5.75 Å². The largest absolute Gasteiger partial charge is 0.553 e. The third-order valence-electron chi connectivity index (χ3n) is 3.74. The minimum atomic E-state index is 0.505. The fraction of sp³-hybridized carbons (Fsp3) is 0.333. The van der Waals surface area contributed by atoms with Crippen LogP contribution in [0.2, 0.25) is 0 Å². The van der Waals surface area contributed by atoms with E-state index in [4.69, 9.17) is 4.43 Å². The lowest BCUT2D eigenvalue weighted by molar-refractivity contribution is 0.618. The molecule has 0 saturated heterocycles. The molecule has 20 heavy (non-hydrogen) atoms. The Balaban J connectivity index is 2.71. The molecule has 0 atom stereocenters. The predicted molar refractivity (Wildman–Crippen MR) is 90.6 cm³/mol. The molecule has 0 aliphatic carbocycles. The van der Waals surface area contributed by atoms with Crippen molar-refractivity contribution in [3.63, 3.8) is 0 Å². The minimum Gasteiger partial charge on any atom is -0.553 e. The first kappa shape index (κ1) is 14.9. The SMILES string of the molecule is CC(C)c1cccc(-c2ccccc2O[SiH3])c1C(C)C. The maximum Gasteiger partial charge on any atom is 0.204 e. The van der Waals surface area contributed by atoms with E-state index in [-0.39, 0.29) is 0 Å². The van der Waals surface area contributed by atoms with Gasteiger partial charge in [0.05, 0.1) is 0 Å². The summed E-state index contributed by atoms with van der Waals surface area (Å²) in [5.74, 6) is 2.05. The maximum absolute atomic E-state index is 5.67. The minimum absolute atomic E-state index is 0.505. The zero-order valence-electron chi connectivity index (χ0n) is 13.1. The van der Waals surface area contributed by atoms with Crippen LogP contribution in [0.15, 0.2) is 42.5 Å². The van der Waals surface area contributed by atoms with Crippen molar-refractivity contribution < 1.29 is 4.43 Å². The van der Waals surface area contributed by atoms with Crippen LogP contribution in [0.1, 0.15) is 50.7 Å². The molecule has 0 unspecified atom stereocenters. The molecule has 2 heteroatoms. The smallest absolute Gasteiger partial charge is 0.204 e. The predicted octanol–water partition coefficient (Wildman–Crippen LogP) is 4.26. The summed E-state index contributed by atoms with van der Waals surface area (Å²) in [5, 5.41) is 0. The summed E-state index contributed by atoms with van der Waals surface area (Å²) in [4.78, 5) is 0. The van der Waals surface area contributed by atoms with Crippen LogP contribution in [0.25, 0.3) is 11.1 Å². The van der Waals surface area contributed by atoms with E-state index in [1.54, 1.807) is 0 Å². The molecular formula is C18H24OSi. The van der Waals surface area contributed by atoms with Gasteiger partial charge in [-0.3, -0.25) is 0 Å². The Morgan fingerprint density at radius 1 is 0.800 bits per heavy atom. The lowest BCUT2D eigenvalue weighted by Gasteiger charge is -2.21. The third-order valence-corrected chi connectivity index (χ3v) is 4.18. The van der Waals surface area contributed by atoms with E-state index >= 15 is 0 Å². The molecule has 0 fully saturated rings. The van der Waals surface area contributed by atoms with Crippen LogP contribution < -0.4 is 4.43 Å². The summed E-state index contributed by atoms with van der Waals surface area (Å²) in [7, 11) is 0.715. The number of hydrogen-bond donors (Lipinski definition) is 0. The van der Waals surface area contributed by atoms with Crippen LogP contribution in [0.5, 0.6) is 5.75 Å². The third kappa shape index (κ3) is 2.80. The highest BCUT2D eigenvalue weighted by molar-refractivity contribution is 6.00. The molecule has 0 radical (unpaired) electrons. The van der Waals surface area contributed by atoms with Crippen LogP contribution in [-0.4, -0.2) is 10.5 Å². The standard InChI is InChI=1S/C18H24OSi/c1-12(2)14-9-7-10-16(18(14)13(3)4)15-8-5-6-11-17(15)19-20/h5-13H,1-4,20H3. The number of rotatable bonds is 4. The number of hydrogen-bond acceptors (Lipinski definition) is 1. The lowest BCUT2D eigenvalue weighted by atomic mass is 9.84. The summed E-state index contributed by atoms with van der Waals surface area (Å²) in [6, 6.07) is 15.0. The highest BCUT2D eigenvalue weighted by atomic mass is 28.2. The van der Waals surface area contributed by atoms with Gasteiger partial charge in [0.15, 0.2) is 0 Å². The average molecular weight is 284 g/mol. The van der Waals surface area contributed by atoms with Crippen LogP contribution in [0, 0.1) is 0 Å². The van der Waals surface area contributed by atoms with E-state index < -0.39 is 0 Å². The second kappa shape index (κ2) is 6.27. The molecule has 0 bridgehead atoms. The second-order valence-electron chi connectivity index (χ2n) is 5.82. The molecule has 0 aliphatic rings. The molecule has 0 heterocycles. The van der Waals surface area contributed by atoms with Crippen molar-refractivity contribution in [1.29, 1.82) is 0 Å². The fourth-order valence-electron chi connectivity index (χ4n) is 2.83. The molecule has 1 nitrogen and oxygen atoms in total. The molecule has 106 valence electrons. The zero-order chi connectivity index (χ0) is 14.7. The van der Waals surface area contributed by atoms with Gasteiger partial charge in [-0.25, -0.2) is 0 Å². The Morgan fingerprint density at radius 2 is 1.45 bits per heavy atom. The quantitative estimate of drug-likeness (QED) is 0.762. The molecule has 0 saturated carbocycles. The normalized spacial score (nSPS) is 11.3. The molecule has 0 N–H and O–H groups in total. The molecule has 0 spiro atoms. The van der Waals surface area contributed by atoms with Gasteiger partial charge in [-0.1, -0.05) is 64.1 Å². The monoisotopic (exact) mass is 284 g/mol. The molecule has 2 rings (SSSR count). The van der Waals surface area contributed by atoms with Crippen LogP contribution in [0.3, 0.4) is 0 Å². The molecule has 2 aromatic carbocycles. The van der Waals surface area contributed by atoms with Gasteiger partial charge >= 0.3 is 0 Å². The summed E-state index contributed by atoms with van der Waals surface area (Å²) in [5.41, 5.74) is 5.43. The van der Waals surface area contributed by atoms with E-state index in [0.717, 1.165) is 5.75 Å². The van der Waals surface area contributed by atoms with Crippen molar-refractivity contribution in [1.82, 2.24) is 0 Å². The molecular weight excluding hydrogens is 260 g/mol. The van der Waals surface area contributed by atoms with E-state index in [9.17, 15) is 0 Å². The summed E-state index contributed by atoms with van der Waals surface area (Å²) >= 11 is 0. The van der Waals surface area contributed by atoms with Crippen molar-refractivity contribution >= 4 is 10.5 Å². The van der Waals surface area contributed by atoms with Gasteiger partial charge in [-0.05, 0) is 34.6 Å². The zero-order valence-corrected chi connectivity index (χ0v) is 15.1. The van der Waals surface area contributed by atoms with Crippen molar-refractivity contribution in [2.24, 2.45) is 0 Å². The Labute approximate surface area is 125 Å². The summed E-state index contributed by atoms with van der Waals surface area (Å²) in [6.45, 7) is 9.07. The van der Waals surface area contributed by atoms with Crippen molar-refractivity contribution in [2.75, 3.05) is 0 Å². The van der Waals surface area contributed by atoms with Crippen molar-refractivity contribution in [3.05, 3.63) is 53.6 Å². The first-order valence-corrected chi connectivity index (χ1v) is 8.14. The van der Waals surface area contributed by atoms with Crippen LogP contribution >= 0.6 is 0 Å². The van der Waals surface area contributed by atoms with Crippen molar-refractivity contribution in [3.8, 4) is 16.9 Å². The van der Waals surface area contributed by atoms with Gasteiger partial charge in [-0.2, -0.15) is 0 Å². The Morgan fingerprint density at radius 3 is 2.05 bits per heavy atom. The number of benzene rings is 2. The van der Waals surface area contributed by atoms with Crippen molar-refractivity contribution in [2.45, 2.75) is 39.5 Å². The van der Waals surface area contributed by atoms with Gasteiger partial charge in [-0.15, -0.1) is 0 Å². The van der Waals surface area contributed by atoms with Gasteiger partial charge in [0.25, 0.3) is 0 Å². The number of para-hydroxylation sites is 1. The highest BCUT2D eigenvalue weighted by Gasteiger charge is 2.17. The Kier molecular flexibility index (Phi) is 4.66. The van der Waals surface area contributed by atoms with Gasteiger partial charge < -0.3 is 4.43 Å². The first-order valence-electron chi connectivity index (χ1n) is 7.32. The van der Waals surface area contributed by atoms with Crippen LogP contribution in [-0.2, 0) is 0 Å². The topological polar surface area (TPSA) is 9.23 Å². The van der Waals surface area contributed by atoms with E-state index in [2.05, 4.69) is 64.1 Å².